The van der Waals surface area contributed by atoms with Gasteiger partial charge in [0, 0.05) is 5.02 Å². The molecule has 2 unspecified atom stereocenters. The first-order chi connectivity index (χ1) is 10.6. The highest BCUT2D eigenvalue weighted by Gasteiger charge is 2.29. The van der Waals surface area contributed by atoms with Crippen molar-refractivity contribution in [2.45, 2.75) is 18.2 Å². The molecule has 128 valence electrons. The molecule has 23 heavy (non-hydrogen) atoms. The summed E-state index contributed by atoms with van der Waals surface area (Å²) in [4.78, 5) is 30.6. The zero-order valence-corrected chi connectivity index (χ0v) is 12.7. The Bertz CT molecular complexity index is 547. The molecule has 0 saturated heterocycles. The highest BCUT2D eigenvalue weighted by Crippen LogP contribution is 2.21. The molecule has 0 amide bonds. The molecule has 9 nitrogen and oxygen atoms in total. The van der Waals surface area contributed by atoms with E-state index >= 15 is 0 Å². The minimum absolute atomic E-state index is 0.473. The predicted molar refractivity (Wildman–Crippen MR) is 77.7 cm³/mol. The number of aliphatic hydroxyl groups is 2. The first-order valence-corrected chi connectivity index (χ1v) is 6.40. The van der Waals surface area contributed by atoms with Gasteiger partial charge in [-0.1, -0.05) is 29.8 Å². The van der Waals surface area contributed by atoms with Crippen LogP contribution < -0.4 is 5.73 Å². The standard InChI is InChI=1S/C9H10ClNO2.C4H6O6/c1-13-9(12)8(11)6-4-2-3-5-7(6)10;5-1(3(7)8)2(6)4(9)10/h2-5,8H,11H2,1H3;1-2,5-6H,(H,7,8)(H,9,10)/t8-;/m0./s1. The molecule has 0 aromatic heterocycles. The molecule has 0 heterocycles. The third-order valence-corrected chi connectivity index (χ3v) is 2.84. The predicted octanol–water partition coefficient (Wildman–Crippen LogP) is -0.610. The summed E-state index contributed by atoms with van der Waals surface area (Å²) in [7, 11) is 1.29. The number of ether oxygens (including phenoxy) is 1. The van der Waals surface area contributed by atoms with E-state index in [1.165, 1.54) is 7.11 Å². The van der Waals surface area contributed by atoms with Gasteiger partial charge < -0.3 is 30.9 Å². The van der Waals surface area contributed by atoms with Crippen LogP contribution in [0.1, 0.15) is 11.6 Å². The number of carboxylic acids is 2. The summed E-state index contributed by atoms with van der Waals surface area (Å²) in [5.74, 6) is -4.03. The molecule has 0 radical (unpaired) electrons. The number of esters is 1. The van der Waals surface area contributed by atoms with Crippen LogP contribution in [0.2, 0.25) is 5.02 Å². The van der Waals surface area contributed by atoms with Gasteiger partial charge in [-0.2, -0.15) is 0 Å². The lowest BCUT2D eigenvalue weighted by Crippen LogP contribution is -2.39. The van der Waals surface area contributed by atoms with Crippen molar-refractivity contribution in [3.8, 4) is 0 Å². The number of aliphatic carboxylic acids is 2. The van der Waals surface area contributed by atoms with Gasteiger partial charge in [-0.25, -0.2) is 9.59 Å². The third kappa shape index (κ3) is 6.61. The van der Waals surface area contributed by atoms with E-state index in [4.69, 9.17) is 37.8 Å². The monoisotopic (exact) mass is 349 g/mol. The highest BCUT2D eigenvalue weighted by atomic mass is 35.5. The third-order valence-electron chi connectivity index (χ3n) is 2.50. The largest absolute Gasteiger partial charge is 0.479 e. The fourth-order valence-corrected chi connectivity index (χ4v) is 1.50. The molecule has 6 N–H and O–H groups in total. The molecule has 0 fully saturated rings. The summed E-state index contributed by atoms with van der Waals surface area (Å²) < 4.78 is 4.50. The Kier molecular flexibility index (Phi) is 8.81. The first-order valence-electron chi connectivity index (χ1n) is 6.03. The average Bonchev–Trinajstić information content (AvgIpc) is 2.52. The summed E-state index contributed by atoms with van der Waals surface area (Å²) in [6.07, 6.45) is -4.53. The summed E-state index contributed by atoms with van der Waals surface area (Å²) in [6.45, 7) is 0. The quantitative estimate of drug-likeness (QED) is 0.435. The smallest absolute Gasteiger partial charge is 0.335 e. The lowest BCUT2D eigenvalue weighted by Gasteiger charge is -2.10. The molecule has 0 aliphatic carbocycles. The molecule has 0 spiro atoms. The van der Waals surface area contributed by atoms with Crippen LogP contribution in [-0.2, 0) is 19.1 Å². The van der Waals surface area contributed by atoms with E-state index in [-0.39, 0.29) is 0 Å². The van der Waals surface area contributed by atoms with E-state index in [0.717, 1.165) is 0 Å². The van der Waals surface area contributed by atoms with Crippen molar-refractivity contribution in [1.82, 2.24) is 0 Å². The Morgan fingerprint density at radius 2 is 1.52 bits per heavy atom. The van der Waals surface area contributed by atoms with Crippen LogP contribution in [0.5, 0.6) is 0 Å². The molecule has 1 rings (SSSR count). The van der Waals surface area contributed by atoms with Gasteiger partial charge in [-0.3, -0.25) is 4.79 Å². The van der Waals surface area contributed by atoms with E-state index in [1.54, 1.807) is 24.3 Å². The van der Waals surface area contributed by atoms with Gasteiger partial charge in [0.05, 0.1) is 7.11 Å². The molecular formula is C13H16ClNO8. The van der Waals surface area contributed by atoms with Crippen LogP contribution in [-0.4, -0.2) is 57.7 Å². The highest BCUT2D eigenvalue weighted by molar-refractivity contribution is 6.31. The summed E-state index contributed by atoms with van der Waals surface area (Å²) in [5.41, 5.74) is 6.17. The molecule has 0 aliphatic heterocycles. The van der Waals surface area contributed by atoms with Gasteiger partial charge in [-0.05, 0) is 11.6 Å². The Balaban J connectivity index is 0.000000438. The van der Waals surface area contributed by atoms with Gasteiger partial charge in [0.2, 0.25) is 0 Å². The lowest BCUT2D eigenvalue weighted by molar-refractivity contribution is -0.165. The molecule has 0 saturated carbocycles. The van der Waals surface area contributed by atoms with Crippen LogP contribution in [0.25, 0.3) is 0 Å². The SMILES string of the molecule is COC(=O)[C@@H](N)c1ccccc1Cl.O=C(O)C(O)C(O)C(=O)O. The number of hydrogen-bond donors (Lipinski definition) is 5. The van der Waals surface area contributed by atoms with Crippen LogP contribution in [0.4, 0.5) is 0 Å². The molecule has 3 atom stereocenters. The summed E-state index contributed by atoms with van der Waals surface area (Å²) in [6, 6.07) is 6.11. The number of methoxy groups -OCH3 is 1. The molecule has 10 heteroatoms. The van der Waals surface area contributed by atoms with Crippen molar-refractivity contribution in [1.29, 1.82) is 0 Å². The van der Waals surface area contributed by atoms with Crippen molar-refractivity contribution in [3.05, 3.63) is 34.9 Å². The lowest BCUT2D eigenvalue weighted by atomic mass is 10.1. The van der Waals surface area contributed by atoms with E-state index < -0.39 is 36.2 Å². The second-order valence-corrected chi connectivity index (χ2v) is 4.50. The Hall–Kier alpha value is -2.20. The zero-order chi connectivity index (χ0) is 18.2. The van der Waals surface area contributed by atoms with Crippen LogP contribution in [0.3, 0.4) is 0 Å². The van der Waals surface area contributed by atoms with Crippen LogP contribution in [0, 0.1) is 0 Å². The number of aliphatic hydroxyl groups excluding tert-OH is 2. The normalized spacial score (nSPS) is 13.8. The number of nitrogens with two attached hydrogens (primary N) is 1. The number of carbonyl (C=O) groups excluding carboxylic acids is 1. The van der Waals surface area contributed by atoms with Gasteiger partial charge in [0.15, 0.2) is 12.2 Å². The maximum atomic E-state index is 11.1. The first kappa shape index (κ1) is 20.8. The van der Waals surface area contributed by atoms with Crippen molar-refractivity contribution in [2.24, 2.45) is 5.73 Å². The Labute approximate surface area is 135 Å². The molecule has 1 aromatic rings. The van der Waals surface area contributed by atoms with Crippen molar-refractivity contribution in [3.63, 3.8) is 0 Å². The van der Waals surface area contributed by atoms with Crippen molar-refractivity contribution in [2.75, 3.05) is 7.11 Å². The molecule has 0 aliphatic rings. The van der Waals surface area contributed by atoms with Crippen molar-refractivity contribution < 1.29 is 39.5 Å². The summed E-state index contributed by atoms with van der Waals surface area (Å²) in [5, 5.41) is 33.0. The minimum Gasteiger partial charge on any atom is -0.479 e. The topological polar surface area (TPSA) is 167 Å². The number of halogens is 1. The molecular weight excluding hydrogens is 334 g/mol. The Morgan fingerprint density at radius 1 is 1.09 bits per heavy atom. The van der Waals surface area contributed by atoms with E-state index in [2.05, 4.69) is 4.74 Å². The number of carboxylic acid groups (broad SMARTS) is 2. The summed E-state index contributed by atoms with van der Waals surface area (Å²) >= 11 is 5.83. The fraction of sp³-hybridized carbons (Fsp3) is 0.308. The van der Waals surface area contributed by atoms with Gasteiger partial charge >= 0.3 is 17.9 Å². The molecule has 1 aromatic carbocycles. The average molecular weight is 350 g/mol. The van der Waals surface area contributed by atoms with E-state index in [0.29, 0.717) is 10.6 Å². The van der Waals surface area contributed by atoms with Gasteiger partial charge in [0.25, 0.3) is 0 Å². The van der Waals surface area contributed by atoms with Crippen molar-refractivity contribution >= 4 is 29.5 Å². The molecule has 0 bridgehead atoms. The second-order valence-electron chi connectivity index (χ2n) is 4.09. The van der Waals surface area contributed by atoms with Crippen LogP contribution in [0.15, 0.2) is 24.3 Å². The number of hydrogen-bond acceptors (Lipinski definition) is 7. The maximum absolute atomic E-state index is 11.1. The second kappa shape index (κ2) is 9.74. The number of benzene rings is 1. The van der Waals surface area contributed by atoms with E-state index in [9.17, 15) is 14.4 Å². The van der Waals surface area contributed by atoms with Gasteiger partial charge in [-0.15, -0.1) is 0 Å². The maximum Gasteiger partial charge on any atom is 0.335 e. The van der Waals surface area contributed by atoms with Crippen LogP contribution >= 0.6 is 11.6 Å². The fourth-order valence-electron chi connectivity index (χ4n) is 1.25. The number of carbonyl (C=O) groups is 3. The Morgan fingerprint density at radius 3 is 1.87 bits per heavy atom. The van der Waals surface area contributed by atoms with E-state index in [1.807, 2.05) is 0 Å². The van der Waals surface area contributed by atoms with Gasteiger partial charge in [0.1, 0.15) is 6.04 Å². The number of rotatable bonds is 5. The zero-order valence-electron chi connectivity index (χ0n) is 11.9. The minimum atomic E-state index is -2.27.